The molecule has 5 fully saturated rings. The molecule has 5 aliphatic rings. The van der Waals surface area contributed by atoms with E-state index in [9.17, 15) is 9.59 Å². The zero-order valence-electron chi connectivity index (χ0n) is 17.3. The van der Waals surface area contributed by atoms with Crippen LogP contribution in [0.5, 0.6) is 0 Å². The molecule has 0 heterocycles. The fraction of sp³-hybridized carbons (Fsp3) is 0.667. The molecule has 5 aliphatic carbocycles. The summed E-state index contributed by atoms with van der Waals surface area (Å²) in [4.78, 5) is 26.1. The Morgan fingerprint density at radius 2 is 1.69 bits per heavy atom. The van der Waals surface area contributed by atoms with Gasteiger partial charge in [0, 0.05) is 17.0 Å². The van der Waals surface area contributed by atoms with Crippen LogP contribution < -0.4 is 10.6 Å². The third kappa shape index (κ3) is 4.08. The van der Waals surface area contributed by atoms with E-state index >= 15 is 0 Å². The maximum atomic E-state index is 13.2. The minimum absolute atomic E-state index is 0.0129. The van der Waals surface area contributed by atoms with Gasteiger partial charge in [-0.25, -0.2) is 0 Å². The van der Waals surface area contributed by atoms with E-state index in [4.69, 9.17) is 0 Å². The molecule has 2 N–H and O–H groups in total. The van der Waals surface area contributed by atoms with Crippen molar-refractivity contribution in [2.75, 3.05) is 5.75 Å². The van der Waals surface area contributed by atoms with E-state index in [0.29, 0.717) is 22.8 Å². The average molecular weight is 413 g/mol. The SMILES string of the molecule is CC(NC(=O)c1ccccc1SCC(=O)NC1CC1)C12CC3CC(CC(C3)C1)C2. The molecule has 5 saturated carbocycles. The molecule has 0 aliphatic heterocycles. The molecule has 0 aromatic heterocycles. The molecule has 2 amide bonds. The Balaban J connectivity index is 1.24. The molecule has 1 unspecified atom stereocenters. The third-order valence-electron chi connectivity index (χ3n) is 7.78. The molecule has 0 radical (unpaired) electrons. The third-order valence-corrected chi connectivity index (χ3v) is 8.86. The number of carbonyl (C=O) groups excluding carboxylic acids is 2. The molecule has 0 saturated heterocycles. The van der Waals surface area contributed by atoms with Gasteiger partial charge in [-0.15, -0.1) is 11.8 Å². The molecular weight excluding hydrogens is 380 g/mol. The van der Waals surface area contributed by atoms with E-state index in [1.165, 1.54) is 50.3 Å². The highest BCUT2D eigenvalue weighted by atomic mass is 32.2. The van der Waals surface area contributed by atoms with Crippen LogP contribution in [-0.4, -0.2) is 29.7 Å². The van der Waals surface area contributed by atoms with Crippen LogP contribution >= 0.6 is 11.8 Å². The van der Waals surface area contributed by atoms with Gasteiger partial charge in [0.2, 0.25) is 5.91 Å². The molecular formula is C24H32N2O2S. The van der Waals surface area contributed by atoms with Crippen LogP contribution in [0.3, 0.4) is 0 Å². The van der Waals surface area contributed by atoms with Crippen molar-refractivity contribution in [3.8, 4) is 0 Å². The standard InChI is InChI=1S/C24H32N2O2S/c1-15(24-11-16-8-17(12-24)10-18(9-16)13-24)25-23(28)20-4-2-3-5-21(20)29-14-22(27)26-19-6-7-19/h2-5,15-19H,6-14H2,1H3,(H,25,28)(H,26,27). The van der Waals surface area contributed by atoms with E-state index in [0.717, 1.165) is 35.5 Å². The Hall–Kier alpha value is -1.49. The van der Waals surface area contributed by atoms with Crippen LogP contribution in [0.15, 0.2) is 29.2 Å². The molecule has 6 rings (SSSR count). The van der Waals surface area contributed by atoms with Crippen molar-refractivity contribution in [2.45, 2.75) is 75.3 Å². The highest BCUT2D eigenvalue weighted by Gasteiger charge is 2.53. The first-order valence-corrected chi connectivity index (χ1v) is 12.3. The van der Waals surface area contributed by atoms with Crippen molar-refractivity contribution in [2.24, 2.45) is 23.2 Å². The summed E-state index contributed by atoms with van der Waals surface area (Å²) in [5.74, 6) is 3.09. The monoisotopic (exact) mass is 412 g/mol. The van der Waals surface area contributed by atoms with E-state index in [-0.39, 0.29) is 17.9 Å². The van der Waals surface area contributed by atoms with E-state index in [1.54, 1.807) is 0 Å². The Bertz CT molecular complexity index is 769. The fourth-order valence-electron chi connectivity index (χ4n) is 6.56. The zero-order valence-corrected chi connectivity index (χ0v) is 18.1. The molecule has 5 heteroatoms. The lowest BCUT2D eigenvalue weighted by Gasteiger charge is -2.59. The number of amides is 2. The summed E-state index contributed by atoms with van der Waals surface area (Å²) < 4.78 is 0. The molecule has 4 nitrogen and oxygen atoms in total. The average Bonchev–Trinajstić information content (AvgIpc) is 3.49. The summed E-state index contributed by atoms with van der Waals surface area (Å²) in [5, 5.41) is 6.39. The number of hydrogen-bond donors (Lipinski definition) is 2. The predicted octanol–water partition coefficient (Wildman–Crippen LogP) is 4.39. The second-order valence-corrected chi connectivity index (χ2v) is 11.1. The topological polar surface area (TPSA) is 58.2 Å². The Morgan fingerprint density at radius 3 is 2.31 bits per heavy atom. The normalized spacial score (nSPS) is 33.3. The zero-order chi connectivity index (χ0) is 20.0. The number of benzene rings is 1. The quantitative estimate of drug-likeness (QED) is 0.653. The van der Waals surface area contributed by atoms with Gasteiger partial charge in [0.25, 0.3) is 5.91 Å². The van der Waals surface area contributed by atoms with Gasteiger partial charge in [-0.3, -0.25) is 9.59 Å². The molecule has 156 valence electrons. The largest absolute Gasteiger partial charge is 0.353 e. The minimum Gasteiger partial charge on any atom is -0.353 e. The van der Waals surface area contributed by atoms with Gasteiger partial charge in [-0.1, -0.05) is 12.1 Å². The van der Waals surface area contributed by atoms with Gasteiger partial charge in [0.15, 0.2) is 0 Å². The molecule has 4 bridgehead atoms. The second-order valence-electron chi connectivity index (χ2n) is 10.1. The summed E-state index contributed by atoms with van der Waals surface area (Å²) in [6.07, 6.45) is 10.3. The summed E-state index contributed by atoms with van der Waals surface area (Å²) in [7, 11) is 0. The second kappa shape index (κ2) is 7.64. The summed E-state index contributed by atoms with van der Waals surface area (Å²) in [6.45, 7) is 2.23. The van der Waals surface area contributed by atoms with Crippen LogP contribution in [0.1, 0.15) is 68.6 Å². The van der Waals surface area contributed by atoms with Crippen molar-refractivity contribution in [3.05, 3.63) is 29.8 Å². The van der Waals surface area contributed by atoms with Crippen LogP contribution in [0.2, 0.25) is 0 Å². The van der Waals surface area contributed by atoms with Crippen LogP contribution in [0, 0.1) is 23.2 Å². The van der Waals surface area contributed by atoms with Gasteiger partial charge in [-0.05, 0) is 93.6 Å². The van der Waals surface area contributed by atoms with Gasteiger partial charge >= 0.3 is 0 Å². The van der Waals surface area contributed by atoms with Crippen molar-refractivity contribution < 1.29 is 9.59 Å². The van der Waals surface area contributed by atoms with E-state index in [1.807, 2.05) is 24.3 Å². The minimum atomic E-state index is 0.0129. The number of carbonyl (C=O) groups is 2. The molecule has 1 aromatic carbocycles. The van der Waals surface area contributed by atoms with Gasteiger partial charge in [0.1, 0.15) is 0 Å². The van der Waals surface area contributed by atoms with Crippen molar-refractivity contribution >= 4 is 23.6 Å². The van der Waals surface area contributed by atoms with Crippen LogP contribution in [-0.2, 0) is 4.79 Å². The molecule has 1 atom stereocenters. The highest BCUT2D eigenvalue weighted by Crippen LogP contribution is 2.61. The number of nitrogens with one attached hydrogen (secondary N) is 2. The van der Waals surface area contributed by atoms with Crippen LogP contribution in [0.4, 0.5) is 0 Å². The number of rotatable bonds is 7. The molecule has 29 heavy (non-hydrogen) atoms. The maximum absolute atomic E-state index is 13.2. The first-order valence-electron chi connectivity index (χ1n) is 11.3. The fourth-order valence-corrected chi connectivity index (χ4v) is 7.42. The smallest absolute Gasteiger partial charge is 0.252 e. The summed E-state index contributed by atoms with van der Waals surface area (Å²) >= 11 is 1.47. The Labute approximate surface area is 178 Å². The lowest BCUT2D eigenvalue weighted by molar-refractivity contribution is -0.118. The lowest BCUT2D eigenvalue weighted by atomic mass is 9.48. The first-order chi connectivity index (χ1) is 14.0. The maximum Gasteiger partial charge on any atom is 0.252 e. The number of hydrogen-bond acceptors (Lipinski definition) is 3. The Morgan fingerprint density at radius 1 is 1.07 bits per heavy atom. The highest BCUT2D eigenvalue weighted by molar-refractivity contribution is 8.00. The summed E-state index contributed by atoms with van der Waals surface area (Å²) in [6, 6.07) is 8.30. The predicted molar refractivity (Wildman–Crippen MR) is 116 cm³/mol. The molecule has 1 aromatic rings. The number of thioether (sulfide) groups is 1. The van der Waals surface area contributed by atoms with Crippen molar-refractivity contribution in [3.63, 3.8) is 0 Å². The molecule has 0 spiro atoms. The van der Waals surface area contributed by atoms with Crippen molar-refractivity contribution in [1.82, 2.24) is 10.6 Å². The van der Waals surface area contributed by atoms with Gasteiger partial charge in [0.05, 0.1) is 11.3 Å². The van der Waals surface area contributed by atoms with Crippen molar-refractivity contribution in [1.29, 1.82) is 0 Å². The lowest BCUT2D eigenvalue weighted by Crippen LogP contribution is -2.55. The van der Waals surface area contributed by atoms with E-state index in [2.05, 4.69) is 17.6 Å². The Kier molecular flexibility index (Phi) is 5.13. The summed E-state index contributed by atoms with van der Waals surface area (Å²) in [5.41, 5.74) is 1.00. The van der Waals surface area contributed by atoms with Crippen LogP contribution in [0.25, 0.3) is 0 Å². The van der Waals surface area contributed by atoms with E-state index < -0.39 is 0 Å². The first kappa shape index (κ1) is 19.5. The van der Waals surface area contributed by atoms with Gasteiger partial charge in [-0.2, -0.15) is 0 Å². The van der Waals surface area contributed by atoms with Gasteiger partial charge < -0.3 is 10.6 Å².